The van der Waals surface area contributed by atoms with Crippen LogP contribution in [-0.2, 0) is 4.74 Å². The molecule has 0 saturated carbocycles. The minimum absolute atomic E-state index is 0.682. The van der Waals surface area contributed by atoms with Gasteiger partial charge in [-0.2, -0.15) is 0 Å². The van der Waals surface area contributed by atoms with Gasteiger partial charge in [-0.05, 0) is 54.2 Å². The third-order valence-corrected chi connectivity index (χ3v) is 4.42. The van der Waals surface area contributed by atoms with Crippen molar-refractivity contribution in [2.45, 2.75) is 25.7 Å². The molecule has 1 N–H and O–H groups in total. The van der Waals surface area contributed by atoms with E-state index in [0.29, 0.717) is 5.92 Å². The zero-order chi connectivity index (χ0) is 12.5. The van der Waals surface area contributed by atoms with E-state index in [1.807, 2.05) is 0 Å². The average Bonchev–Trinajstić information content (AvgIpc) is 2.62. The Hall–Kier alpha value is -1.44. The zero-order valence-electron chi connectivity index (χ0n) is 11.0. The van der Waals surface area contributed by atoms with Gasteiger partial charge in [-0.1, -0.05) is 12.2 Å². The van der Waals surface area contributed by atoms with Crippen LogP contribution in [0.4, 0.5) is 0 Å². The molecular formula is C16H21NO. The lowest BCUT2D eigenvalue weighted by molar-refractivity contribution is 0.263. The van der Waals surface area contributed by atoms with E-state index in [9.17, 15) is 0 Å². The van der Waals surface area contributed by atoms with Gasteiger partial charge in [0.15, 0.2) is 5.88 Å². The molecule has 96 valence electrons. The van der Waals surface area contributed by atoms with Crippen LogP contribution in [0.1, 0.15) is 25.7 Å². The maximum Gasteiger partial charge on any atom is 0.187 e. The van der Waals surface area contributed by atoms with E-state index in [-0.39, 0.29) is 0 Å². The summed E-state index contributed by atoms with van der Waals surface area (Å²) in [5.41, 5.74) is 4.59. The van der Waals surface area contributed by atoms with Gasteiger partial charge in [0.05, 0.1) is 7.11 Å². The summed E-state index contributed by atoms with van der Waals surface area (Å²) in [6.45, 7) is 4.84. The van der Waals surface area contributed by atoms with Gasteiger partial charge in [-0.3, -0.25) is 0 Å². The third kappa shape index (κ3) is 1.80. The van der Waals surface area contributed by atoms with E-state index in [4.69, 9.17) is 4.74 Å². The van der Waals surface area contributed by atoms with Crippen LogP contribution in [0.3, 0.4) is 0 Å². The lowest BCUT2D eigenvalue weighted by Gasteiger charge is -2.20. The molecule has 1 aliphatic heterocycles. The average molecular weight is 243 g/mol. The third-order valence-electron chi connectivity index (χ3n) is 4.42. The second-order valence-corrected chi connectivity index (χ2v) is 5.40. The fourth-order valence-electron chi connectivity index (χ4n) is 3.64. The van der Waals surface area contributed by atoms with Crippen molar-refractivity contribution in [3.05, 3.63) is 47.4 Å². The van der Waals surface area contributed by atoms with Gasteiger partial charge >= 0.3 is 0 Å². The van der Waals surface area contributed by atoms with E-state index in [0.717, 1.165) is 24.8 Å². The van der Waals surface area contributed by atoms with Crippen LogP contribution in [0.25, 0.3) is 0 Å². The molecule has 0 amide bonds. The molecule has 2 unspecified atom stereocenters. The van der Waals surface area contributed by atoms with Crippen molar-refractivity contribution < 1.29 is 4.74 Å². The minimum Gasteiger partial charge on any atom is -0.482 e. The fraction of sp³-hybridized carbons (Fsp3) is 0.500. The maximum atomic E-state index is 5.39. The summed E-state index contributed by atoms with van der Waals surface area (Å²) >= 11 is 0. The second-order valence-electron chi connectivity index (χ2n) is 5.40. The van der Waals surface area contributed by atoms with E-state index in [1.54, 1.807) is 18.3 Å². The van der Waals surface area contributed by atoms with Crippen molar-refractivity contribution in [1.82, 2.24) is 5.32 Å². The van der Waals surface area contributed by atoms with Crippen molar-refractivity contribution in [2.24, 2.45) is 11.8 Å². The van der Waals surface area contributed by atoms with Crippen LogP contribution in [0, 0.1) is 11.8 Å². The molecule has 0 aromatic carbocycles. The molecule has 0 aromatic heterocycles. The summed E-state index contributed by atoms with van der Waals surface area (Å²) < 4.78 is 5.39. The minimum atomic E-state index is 0.682. The van der Waals surface area contributed by atoms with Gasteiger partial charge < -0.3 is 10.1 Å². The Kier molecular flexibility index (Phi) is 3.02. The first-order valence-electron chi connectivity index (χ1n) is 6.87. The lowest BCUT2D eigenvalue weighted by Crippen LogP contribution is -2.19. The van der Waals surface area contributed by atoms with E-state index in [2.05, 4.69) is 30.1 Å². The summed E-state index contributed by atoms with van der Waals surface area (Å²) in [6, 6.07) is 0. The molecule has 1 heterocycles. The van der Waals surface area contributed by atoms with Crippen LogP contribution in [0.2, 0.25) is 0 Å². The van der Waals surface area contributed by atoms with Gasteiger partial charge in [0.25, 0.3) is 0 Å². The molecule has 2 atom stereocenters. The van der Waals surface area contributed by atoms with Crippen LogP contribution >= 0.6 is 0 Å². The fourth-order valence-corrected chi connectivity index (χ4v) is 3.64. The van der Waals surface area contributed by atoms with Crippen LogP contribution in [0.15, 0.2) is 47.4 Å². The summed E-state index contributed by atoms with van der Waals surface area (Å²) in [5.74, 6) is 2.34. The smallest absolute Gasteiger partial charge is 0.187 e. The Labute approximate surface area is 109 Å². The number of methoxy groups -OCH3 is 1. The molecule has 18 heavy (non-hydrogen) atoms. The predicted molar refractivity (Wildman–Crippen MR) is 73.8 cm³/mol. The van der Waals surface area contributed by atoms with E-state index < -0.39 is 0 Å². The van der Waals surface area contributed by atoms with Gasteiger partial charge in [0.1, 0.15) is 0 Å². The number of allylic oxidation sites excluding steroid dienone is 5. The first kappa shape index (κ1) is 11.6. The topological polar surface area (TPSA) is 21.3 Å². The molecule has 0 spiro atoms. The van der Waals surface area contributed by atoms with Gasteiger partial charge in [0, 0.05) is 12.6 Å². The number of rotatable bonds is 3. The number of hydrogen-bond donors (Lipinski definition) is 1. The van der Waals surface area contributed by atoms with Crippen molar-refractivity contribution in [3.8, 4) is 0 Å². The highest BCUT2D eigenvalue weighted by Gasteiger charge is 2.36. The normalized spacial score (nSPS) is 29.8. The molecule has 3 aliphatic rings. The van der Waals surface area contributed by atoms with Gasteiger partial charge in [-0.15, -0.1) is 6.58 Å². The van der Waals surface area contributed by atoms with Crippen LogP contribution in [0.5, 0.6) is 0 Å². The van der Waals surface area contributed by atoms with Crippen molar-refractivity contribution in [1.29, 1.82) is 0 Å². The highest BCUT2D eigenvalue weighted by Crippen LogP contribution is 2.47. The highest BCUT2D eigenvalue weighted by molar-refractivity contribution is 5.51. The Balaban J connectivity index is 1.99. The predicted octanol–water partition coefficient (Wildman–Crippen LogP) is 3.31. The maximum absolute atomic E-state index is 5.39. The Morgan fingerprint density at radius 2 is 2.44 bits per heavy atom. The van der Waals surface area contributed by atoms with Crippen molar-refractivity contribution in [3.63, 3.8) is 0 Å². The lowest BCUT2D eigenvalue weighted by atomic mass is 9.84. The van der Waals surface area contributed by atoms with E-state index >= 15 is 0 Å². The van der Waals surface area contributed by atoms with Crippen molar-refractivity contribution in [2.75, 3.05) is 13.7 Å². The molecule has 0 saturated heterocycles. The SMILES string of the molecule is C=CCC1CC2CCC=C3C=C(OC)NCC1=C32. The highest BCUT2D eigenvalue weighted by atomic mass is 16.5. The van der Waals surface area contributed by atoms with Crippen LogP contribution in [-0.4, -0.2) is 13.7 Å². The van der Waals surface area contributed by atoms with Crippen LogP contribution < -0.4 is 5.32 Å². The molecule has 0 bridgehead atoms. The second kappa shape index (κ2) is 4.68. The summed E-state index contributed by atoms with van der Waals surface area (Å²) in [7, 11) is 1.73. The number of ether oxygens (including phenoxy) is 1. The summed E-state index contributed by atoms with van der Waals surface area (Å²) in [4.78, 5) is 0. The Bertz CT molecular complexity index is 456. The summed E-state index contributed by atoms with van der Waals surface area (Å²) in [6.07, 6.45) is 11.5. The summed E-state index contributed by atoms with van der Waals surface area (Å²) in [5, 5.41) is 3.41. The standard InChI is InChI=1S/C16H21NO/c1-3-5-11-8-12-6-4-7-13-9-15(18-2)17-10-14(11)16(12)13/h3,7,9,11-12,17H,1,4-6,8,10H2,2H3. The Morgan fingerprint density at radius 3 is 3.22 bits per heavy atom. The number of hydrogen-bond acceptors (Lipinski definition) is 2. The quantitative estimate of drug-likeness (QED) is 0.768. The molecular weight excluding hydrogens is 222 g/mol. The monoisotopic (exact) mass is 243 g/mol. The van der Waals surface area contributed by atoms with Gasteiger partial charge in [-0.25, -0.2) is 0 Å². The Morgan fingerprint density at radius 1 is 1.56 bits per heavy atom. The molecule has 0 aromatic rings. The number of nitrogens with one attached hydrogen (secondary N) is 1. The first-order chi connectivity index (χ1) is 8.83. The zero-order valence-corrected chi connectivity index (χ0v) is 11.0. The molecule has 3 rings (SSSR count). The molecule has 2 nitrogen and oxygen atoms in total. The molecule has 0 radical (unpaired) electrons. The van der Waals surface area contributed by atoms with Crippen molar-refractivity contribution >= 4 is 0 Å². The molecule has 2 heteroatoms. The molecule has 2 aliphatic carbocycles. The first-order valence-corrected chi connectivity index (χ1v) is 6.87. The van der Waals surface area contributed by atoms with E-state index in [1.165, 1.54) is 24.8 Å². The largest absolute Gasteiger partial charge is 0.482 e. The van der Waals surface area contributed by atoms with Gasteiger partial charge in [0.2, 0.25) is 0 Å². The molecule has 0 fully saturated rings.